The Kier molecular flexibility index (Phi) is 7.97. The number of ketones is 1. The van der Waals surface area contributed by atoms with Crippen LogP contribution in [0.2, 0.25) is 0 Å². The molecule has 7 nitrogen and oxygen atoms in total. The Balaban J connectivity index is 1.55. The van der Waals surface area contributed by atoms with Gasteiger partial charge in [-0.25, -0.2) is 4.79 Å². The SMILES string of the molecule is CCCC(=O)/[N+]([O-])=C(\CC(=O)CCCC1CCC1)C(C)c1ccc2c(c1)Cc1cc([N+](=O)[O-])ccc1-2. The van der Waals surface area contributed by atoms with Gasteiger partial charge in [0.1, 0.15) is 5.78 Å². The Morgan fingerprint density at radius 3 is 2.36 bits per heavy atom. The molecule has 0 aromatic heterocycles. The van der Waals surface area contributed by atoms with Gasteiger partial charge in [-0.1, -0.05) is 50.8 Å². The molecule has 2 aliphatic rings. The summed E-state index contributed by atoms with van der Waals surface area (Å²) in [5.41, 5.74) is 5.15. The first kappa shape index (κ1) is 25.7. The highest BCUT2D eigenvalue weighted by Gasteiger charge is 2.29. The smallest absolute Gasteiger partial charge is 0.397 e. The molecule has 1 amide bonds. The number of carbonyl (C=O) groups is 2. The zero-order chi connectivity index (χ0) is 25.8. The second kappa shape index (κ2) is 11.1. The first-order valence-corrected chi connectivity index (χ1v) is 13.1. The van der Waals surface area contributed by atoms with Gasteiger partial charge in [-0.2, -0.15) is 0 Å². The quantitative estimate of drug-likeness (QED) is 0.101. The van der Waals surface area contributed by atoms with Crippen molar-refractivity contribution in [3.63, 3.8) is 0 Å². The van der Waals surface area contributed by atoms with Crippen LogP contribution in [0.4, 0.5) is 5.69 Å². The van der Waals surface area contributed by atoms with Crippen molar-refractivity contribution in [1.82, 2.24) is 0 Å². The van der Waals surface area contributed by atoms with Gasteiger partial charge in [0, 0.05) is 18.6 Å². The number of nitro groups is 1. The number of rotatable bonds is 11. The van der Waals surface area contributed by atoms with Gasteiger partial charge in [0.05, 0.1) is 23.7 Å². The second-order valence-corrected chi connectivity index (χ2v) is 10.2. The number of fused-ring (bicyclic) bond motifs is 3. The van der Waals surface area contributed by atoms with E-state index in [1.165, 1.54) is 25.3 Å². The van der Waals surface area contributed by atoms with Crippen LogP contribution in [-0.2, 0) is 16.0 Å². The van der Waals surface area contributed by atoms with Crippen LogP contribution in [0.5, 0.6) is 0 Å². The number of carbonyl (C=O) groups excluding carboxylic acids is 2. The summed E-state index contributed by atoms with van der Waals surface area (Å²) >= 11 is 0. The van der Waals surface area contributed by atoms with Crippen LogP contribution in [0, 0.1) is 21.2 Å². The zero-order valence-corrected chi connectivity index (χ0v) is 21.1. The van der Waals surface area contributed by atoms with E-state index >= 15 is 0 Å². The van der Waals surface area contributed by atoms with Gasteiger partial charge in [-0.3, -0.25) is 14.9 Å². The molecular weight excluding hydrogens is 456 g/mol. The van der Waals surface area contributed by atoms with E-state index in [4.69, 9.17) is 0 Å². The third kappa shape index (κ3) is 5.55. The van der Waals surface area contributed by atoms with E-state index in [1.54, 1.807) is 12.1 Å². The molecule has 0 N–H and O–H groups in total. The zero-order valence-electron chi connectivity index (χ0n) is 21.1. The van der Waals surface area contributed by atoms with Crippen molar-refractivity contribution < 1.29 is 19.3 Å². The highest BCUT2D eigenvalue weighted by atomic mass is 16.6. The maximum absolute atomic E-state index is 13.0. The third-order valence-electron chi connectivity index (χ3n) is 7.72. The summed E-state index contributed by atoms with van der Waals surface area (Å²) in [6.07, 6.45) is 7.35. The number of non-ortho nitro benzene ring substituents is 1. The lowest BCUT2D eigenvalue weighted by atomic mass is 9.81. The minimum absolute atomic E-state index is 0.00203. The van der Waals surface area contributed by atoms with E-state index < -0.39 is 16.7 Å². The van der Waals surface area contributed by atoms with Gasteiger partial charge < -0.3 is 5.21 Å². The van der Waals surface area contributed by atoms with Gasteiger partial charge in [0.25, 0.3) is 5.69 Å². The van der Waals surface area contributed by atoms with Gasteiger partial charge in [0.15, 0.2) is 5.71 Å². The predicted molar refractivity (Wildman–Crippen MR) is 139 cm³/mol. The number of nitrogens with zero attached hydrogens (tertiary/aromatic N) is 2. The Morgan fingerprint density at radius 1 is 1.03 bits per heavy atom. The van der Waals surface area contributed by atoms with Crippen molar-refractivity contribution in [3.8, 4) is 11.1 Å². The van der Waals surface area contributed by atoms with E-state index in [0.29, 0.717) is 29.7 Å². The standard InChI is InChI=1S/C29H34N2O5/c1-3-6-29(33)30(34)28(18-25(32)10-5-9-20-7-4-8-20)19(2)21-11-13-26-22(15-21)16-23-17-24(31(35)36)12-14-27(23)26/h11-15,17,19-20H,3-10,16,18H2,1-2H3/b30-28-. The lowest BCUT2D eigenvalue weighted by molar-refractivity contribution is -0.385. The topological polar surface area (TPSA) is 103 Å². The number of nitro benzene ring substituents is 1. The number of hydrogen-bond acceptors (Lipinski definition) is 5. The van der Waals surface area contributed by atoms with Gasteiger partial charge >= 0.3 is 5.91 Å². The molecule has 190 valence electrons. The number of hydrogen-bond donors (Lipinski definition) is 0. The van der Waals surface area contributed by atoms with Gasteiger partial charge in [0.2, 0.25) is 0 Å². The number of hydroxylamine groups is 1. The molecule has 2 aromatic rings. The largest absolute Gasteiger partial charge is 0.616 e. The summed E-state index contributed by atoms with van der Waals surface area (Å²) in [5, 5.41) is 24.2. The fourth-order valence-corrected chi connectivity index (χ4v) is 5.33. The van der Waals surface area contributed by atoms with Crippen LogP contribution in [-0.4, -0.2) is 27.1 Å². The van der Waals surface area contributed by atoms with Crippen molar-refractivity contribution in [3.05, 3.63) is 68.4 Å². The molecule has 0 heterocycles. The number of amides is 1. The van der Waals surface area contributed by atoms with Crippen LogP contribution in [0.25, 0.3) is 11.1 Å². The fourth-order valence-electron chi connectivity index (χ4n) is 5.33. The first-order valence-electron chi connectivity index (χ1n) is 13.1. The van der Waals surface area contributed by atoms with Crippen LogP contribution < -0.4 is 0 Å². The van der Waals surface area contributed by atoms with Crippen LogP contribution in [0.1, 0.15) is 94.2 Å². The monoisotopic (exact) mass is 490 g/mol. The summed E-state index contributed by atoms with van der Waals surface area (Å²) in [4.78, 5) is 36.1. The molecule has 0 aliphatic heterocycles. The molecule has 36 heavy (non-hydrogen) atoms. The lowest BCUT2D eigenvalue weighted by Gasteiger charge is -2.24. The summed E-state index contributed by atoms with van der Waals surface area (Å²) in [5.74, 6) is -0.175. The molecule has 7 heteroatoms. The number of benzene rings is 2. The van der Waals surface area contributed by atoms with Crippen LogP contribution in [0.15, 0.2) is 36.4 Å². The van der Waals surface area contributed by atoms with E-state index in [2.05, 4.69) is 0 Å². The molecule has 0 bridgehead atoms. The van der Waals surface area contributed by atoms with Crippen molar-refractivity contribution in [2.45, 2.75) is 84.0 Å². The summed E-state index contributed by atoms with van der Waals surface area (Å²) < 4.78 is 0.462. The highest BCUT2D eigenvalue weighted by Crippen LogP contribution is 2.39. The van der Waals surface area contributed by atoms with Crippen molar-refractivity contribution >= 4 is 23.1 Å². The Hall–Kier alpha value is -3.35. The van der Waals surface area contributed by atoms with Crippen molar-refractivity contribution in [2.75, 3.05) is 0 Å². The molecule has 2 aromatic carbocycles. The number of Topliss-reactive ketones (excluding diaryl/α,β-unsaturated/α-hetero) is 1. The minimum atomic E-state index is -0.512. The van der Waals surface area contributed by atoms with E-state index in [0.717, 1.165) is 46.6 Å². The van der Waals surface area contributed by atoms with Gasteiger partial charge in [-0.05, 0) is 66.0 Å². The van der Waals surface area contributed by atoms with E-state index in [-0.39, 0.29) is 24.3 Å². The molecule has 0 spiro atoms. The molecule has 1 saturated carbocycles. The third-order valence-corrected chi connectivity index (χ3v) is 7.72. The molecule has 1 fully saturated rings. The molecule has 0 radical (unpaired) electrons. The summed E-state index contributed by atoms with van der Waals surface area (Å²) in [7, 11) is 0. The maximum Gasteiger partial charge on any atom is 0.397 e. The van der Waals surface area contributed by atoms with E-state index in [1.807, 2.05) is 32.0 Å². The second-order valence-electron chi connectivity index (χ2n) is 10.2. The Labute approximate surface area is 212 Å². The molecular formula is C29H34N2O5. The lowest BCUT2D eigenvalue weighted by Crippen LogP contribution is -2.29. The minimum Gasteiger partial charge on any atom is -0.616 e. The van der Waals surface area contributed by atoms with Crippen LogP contribution in [0.3, 0.4) is 0 Å². The molecule has 4 rings (SSSR count). The van der Waals surface area contributed by atoms with Crippen molar-refractivity contribution in [2.24, 2.45) is 5.92 Å². The molecule has 2 aliphatic carbocycles. The fraction of sp³-hybridized carbons (Fsp3) is 0.483. The Bertz CT molecular complexity index is 1210. The highest BCUT2D eigenvalue weighted by molar-refractivity contribution is 6.04. The Morgan fingerprint density at radius 2 is 1.72 bits per heavy atom. The molecule has 0 saturated heterocycles. The predicted octanol–water partition coefficient (Wildman–Crippen LogP) is 6.48. The first-order chi connectivity index (χ1) is 17.3. The normalized spacial score (nSPS) is 15.9. The average Bonchev–Trinajstić information content (AvgIpc) is 3.20. The molecule has 1 atom stereocenters. The average molecular weight is 491 g/mol. The van der Waals surface area contributed by atoms with Crippen LogP contribution >= 0.6 is 0 Å². The summed E-state index contributed by atoms with van der Waals surface area (Å²) in [6, 6.07) is 10.8. The van der Waals surface area contributed by atoms with E-state index in [9.17, 15) is 24.9 Å². The van der Waals surface area contributed by atoms with Gasteiger partial charge in [-0.15, -0.1) is 4.74 Å². The summed E-state index contributed by atoms with van der Waals surface area (Å²) in [6.45, 7) is 3.72. The maximum atomic E-state index is 13.0. The van der Waals surface area contributed by atoms with Crippen molar-refractivity contribution in [1.29, 1.82) is 0 Å². The molecule has 1 unspecified atom stereocenters.